The fourth-order valence-corrected chi connectivity index (χ4v) is 2.02. The Labute approximate surface area is 125 Å². The zero-order valence-corrected chi connectivity index (χ0v) is 12.8. The maximum absolute atomic E-state index is 10.9. The van der Waals surface area contributed by atoms with Crippen LogP contribution in [0.3, 0.4) is 0 Å². The highest BCUT2D eigenvalue weighted by Gasteiger charge is 2.13. The molecule has 0 radical (unpaired) electrons. The largest absolute Gasteiger partial charge is 0.388 e. The minimum absolute atomic E-state index is 0.0995. The lowest BCUT2D eigenvalue weighted by molar-refractivity contribution is -0.384. The van der Waals surface area contributed by atoms with Gasteiger partial charge in [0.05, 0.1) is 18.1 Å². The van der Waals surface area contributed by atoms with Gasteiger partial charge in [-0.1, -0.05) is 0 Å². The van der Waals surface area contributed by atoms with Gasteiger partial charge < -0.3 is 14.8 Å². The predicted molar refractivity (Wildman–Crippen MR) is 81.7 cm³/mol. The van der Waals surface area contributed by atoms with Crippen LogP contribution in [0.25, 0.3) is 0 Å². The Balaban J connectivity index is 2.88. The number of anilines is 1. The van der Waals surface area contributed by atoms with Crippen molar-refractivity contribution >= 4 is 11.4 Å². The van der Waals surface area contributed by atoms with Gasteiger partial charge in [0.1, 0.15) is 0 Å². The molecule has 1 aromatic rings. The van der Waals surface area contributed by atoms with Crippen molar-refractivity contribution in [3.05, 3.63) is 33.9 Å². The number of nitrogens with one attached hydrogen (secondary N) is 1. The third-order valence-electron chi connectivity index (χ3n) is 3.19. The lowest BCUT2D eigenvalue weighted by Crippen LogP contribution is -2.30. The van der Waals surface area contributed by atoms with Crippen molar-refractivity contribution in [2.75, 3.05) is 52.9 Å². The summed E-state index contributed by atoms with van der Waals surface area (Å²) in [6.45, 7) is 3.29. The average Bonchev–Trinajstić information content (AvgIpc) is 2.49. The Bertz CT molecular complexity index is 446. The number of non-ortho nitro benzene ring substituents is 1. The molecule has 0 amide bonds. The molecular weight excluding hydrogens is 274 g/mol. The van der Waals surface area contributed by atoms with E-state index < -0.39 is 0 Å². The van der Waals surface area contributed by atoms with Crippen molar-refractivity contribution in [3.63, 3.8) is 0 Å². The number of nitro groups is 1. The first-order valence-electron chi connectivity index (χ1n) is 6.77. The van der Waals surface area contributed by atoms with Crippen LogP contribution in [0.2, 0.25) is 0 Å². The van der Waals surface area contributed by atoms with Crippen LogP contribution in [-0.2, 0) is 16.0 Å². The summed E-state index contributed by atoms with van der Waals surface area (Å²) in [5, 5.41) is 14.0. The van der Waals surface area contributed by atoms with E-state index in [4.69, 9.17) is 9.47 Å². The van der Waals surface area contributed by atoms with E-state index in [1.165, 1.54) is 6.07 Å². The topological polar surface area (TPSA) is 76.9 Å². The van der Waals surface area contributed by atoms with E-state index >= 15 is 0 Å². The van der Waals surface area contributed by atoms with Gasteiger partial charge in [0.25, 0.3) is 5.69 Å². The summed E-state index contributed by atoms with van der Waals surface area (Å²) >= 11 is 0. The molecule has 0 aliphatic rings. The Morgan fingerprint density at radius 3 is 2.33 bits per heavy atom. The second-order valence-corrected chi connectivity index (χ2v) is 4.61. The molecule has 1 aromatic carbocycles. The second kappa shape index (κ2) is 9.28. The molecule has 21 heavy (non-hydrogen) atoms. The van der Waals surface area contributed by atoms with Gasteiger partial charge in [-0.2, -0.15) is 0 Å². The quantitative estimate of drug-likeness (QED) is 0.523. The zero-order chi connectivity index (χ0) is 15.7. The summed E-state index contributed by atoms with van der Waals surface area (Å²) in [4.78, 5) is 12.7. The van der Waals surface area contributed by atoms with E-state index in [0.29, 0.717) is 19.8 Å². The maximum Gasteiger partial charge on any atom is 0.269 e. The van der Waals surface area contributed by atoms with Crippen LogP contribution < -0.4 is 5.32 Å². The molecule has 0 heterocycles. The van der Waals surface area contributed by atoms with E-state index in [1.54, 1.807) is 33.4 Å². The van der Waals surface area contributed by atoms with E-state index in [2.05, 4.69) is 10.2 Å². The maximum atomic E-state index is 10.9. The molecule has 1 rings (SSSR count). The zero-order valence-electron chi connectivity index (χ0n) is 12.8. The van der Waals surface area contributed by atoms with Crippen molar-refractivity contribution in [2.24, 2.45) is 0 Å². The van der Waals surface area contributed by atoms with Crippen LogP contribution in [0.5, 0.6) is 0 Å². The summed E-state index contributed by atoms with van der Waals surface area (Å²) < 4.78 is 10.2. The predicted octanol–water partition coefficient (Wildman–Crippen LogP) is 1.73. The molecule has 0 aliphatic heterocycles. The number of hydrogen-bond donors (Lipinski definition) is 1. The van der Waals surface area contributed by atoms with Crippen molar-refractivity contribution < 1.29 is 14.4 Å². The standard InChI is InChI=1S/C14H23N3O4/c1-15-14-5-4-13(17(18)19)10-12(14)11-16(6-8-20-2)7-9-21-3/h4-5,10,15H,6-9,11H2,1-3H3. The molecule has 7 nitrogen and oxygen atoms in total. The number of methoxy groups -OCH3 is 2. The molecule has 0 atom stereocenters. The molecular formula is C14H23N3O4. The monoisotopic (exact) mass is 297 g/mol. The molecule has 0 aliphatic carbocycles. The minimum atomic E-state index is -0.377. The highest BCUT2D eigenvalue weighted by molar-refractivity contribution is 5.55. The molecule has 7 heteroatoms. The average molecular weight is 297 g/mol. The van der Waals surface area contributed by atoms with Crippen LogP contribution >= 0.6 is 0 Å². The summed E-state index contributed by atoms with van der Waals surface area (Å²) in [5.41, 5.74) is 1.88. The van der Waals surface area contributed by atoms with Gasteiger partial charge in [-0.15, -0.1) is 0 Å². The van der Waals surface area contributed by atoms with Crippen LogP contribution in [0.1, 0.15) is 5.56 Å². The highest BCUT2D eigenvalue weighted by atomic mass is 16.6. The minimum Gasteiger partial charge on any atom is -0.388 e. The van der Waals surface area contributed by atoms with Gasteiger partial charge in [-0.3, -0.25) is 15.0 Å². The number of benzene rings is 1. The first kappa shape index (κ1) is 17.4. The summed E-state index contributed by atoms with van der Waals surface area (Å²) in [5.74, 6) is 0. The van der Waals surface area contributed by atoms with E-state index in [-0.39, 0.29) is 10.6 Å². The van der Waals surface area contributed by atoms with Gasteiger partial charge >= 0.3 is 0 Å². The molecule has 0 bridgehead atoms. The smallest absolute Gasteiger partial charge is 0.269 e. The Morgan fingerprint density at radius 2 is 1.86 bits per heavy atom. The Hall–Kier alpha value is -1.70. The first-order valence-corrected chi connectivity index (χ1v) is 6.77. The van der Waals surface area contributed by atoms with Gasteiger partial charge in [-0.05, 0) is 11.6 Å². The molecule has 0 unspecified atom stereocenters. The van der Waals surface area contributed by atoms with Crippen molar-refractivity contribution in [3.8, 4) is 0 Å². The highest BCUT2D eigenvalue weighted by Crippen LogP contribution is 2.23. The van der Waals surface area contributed by atoms with Gasteiger partial charge in [0, 0.05) is 58.7 Å². The van der Waals surface area contributed by atoms with Crippen LogP contribution in [0.4, 0.5) is 11.4 Å². The summed E-state index contributed by atoms with van der Waals surface area (Å²) in [6, 6.07) is 4.85. The second-order valence-electron chi connectivity index (χ2n) is 4.61. The molecule has 0 fully saturated rings. The van der Waals surface area contributed by atoms with E-state index in [1.807, 2.05) is 0 Å². The van der Waals surface area contributed by atoms with E-state index in [0.717, 1.165) is 24.3 Å². The number of rotatable bonds is 10. The van der Waals surface area contributed by atoms with Crippen molar-refractivity contribution in [2.45, 2.75) is 6.54 Å². The molecule has 0 saturated heterocycles. The lowest BCUT2D eigenvalue weighted by atomic mass is 10.1. The molecule has 0 spiro atoms. The fraction of sp³-hybridized carbons (Fsp3) is 0.571. The van der Waals surface area contributed by atoms with Crippen LogP contribution in [0.15, 0.2) is 18.2 Å². The Morgan fingerprint density at radius 1 is 1.24 bits per heavy atom. The van der Waals surface area contributed by atoms with Crippen molar-refractivity contribution in [1.29, 1.82) is 0 Å². The third kappa shape index (κ3) is 5.66. The number of hydrogen-bond acceptors (Lipinski definition) is 6. The number of nitro benzene ring substituents is 1. The van der Waals surface area contributed by atoms with Crippen LogP contribution in [-0.4, -0.2) is 57.4 Å². The molecule has 1 N–H and O–H groups in total. The van der Waals surface area contributed by atoms with Crippen LogP contribution in [0, 0.1) is 10.1 Å². The normalized spacial score (nSPS) is 10.9. The third-order valence-corrected chi connectivity index (χ3v) is 3.19. The fourth-order valence-electron chi connectivity index (χ4n) is 2.02. The Kier molecular flexibility index (Phi) is 7.66. The lowest BCUT2D eigenvalue weighted by Gasteiger charge is -2.22. The summed E-state index contributed by atoms with van der Waals surface area (Å²) in [7, 11) is 5.11. The molecule has 118 valence electrons. The first-order chi connectivity index (χ1) is 10.1. The van der Waals surface area contributed by atoms with Gasteiger partial charge in [0.15, 0.2) is 0 Å². The van der Waals surface area contributed by atoms with Gasteiger partial charge in [0.2, 0.25) is 0 Å². The molecule has 0 saturated carbocycles. The number of ether oxygens (including phenoxy) is 2. The number of nitrogens with zero attached hydrogens (tertiary/aromatic N) is 2. The van der Waals surface area contributed by atoms with E-state index in [9.17, 15) is 10.1 Å². The summed E-state index contributed by atoms with van der Waals surface area (Å²) in [6.07, 6.45) is 0. The molecule has 0 aromatic heterocycles. The van der Waals surface area contributed by atoms with Crippen molar-refractivity contribution in [1.82, 2.24) is 4.90 Å². The van der Waals surface area contributed by atoms with Gasteiger partial charge in [-0.25, -0.2) is 0 Å². The SMILES string of the molecule is CNc1ccc([N+](=O)[O-])cc1CN(CCOC)CCOC.